The monoisotopic (exact) mass is 402 g/mol. The molecule has 8 nitrogen and oxygen atoms in total. The summed E-state index contributed by atoms with van der Waals surface area (Å²) in [6.45, 7) is 5.47. The Morgan fingerprint density at radius 3 is 2.52 bits per heavy atom. The molecule has 2 aromatic heterocycles. The number of aromatic nitrogens is 1. The molecule has 1 saturated heterocycles. The lowest BCUT2D eigenvalue weighted by Gasteiger charge is -2.34. The number of aryl methyl sites for hydroxylation is 1. The summed E-state index contributed by atoms with van der Waals surface area (Å²) in [5.41, 5.74) is 0.909. The Morgan fingerprint density at radius 2 is 2.00 bits per heavy atom. The van der Waals surface area contributed by atoms with Crippen LogP contribution < -0.4 is 4.90 Å². The van der Waals surface area contributed by atoms with E-state index in [1.807, 2.05) is 17.2 Å². The fourth-order valence-electron chi connectivity index (χ4n) is 2.71. The first kappa shape index (κ1) is 18.2. The standard InChI is InChI=1S/C14H18N4O4S3/c1-10-15-11(9-23-10)8-16-3-5-17(6-4-16)14-12(18(19)20)7-13(24-14)25(2,21)22/h7,9H,3-6,8H2,1-2H3. The van der Waals surface area contributed by atoms with E-state index in [9.17, 15) is 18.5 Å². The van der Waals surface area contributed by atoms with Gasteiger partial charge in [-0.05, 0) is 6.92 Å². The van der Waals surface area contributed by atoms with Crippen LogP contribution in [0, 0.1) is 17.0 Å². The maximum atomic E-state index is 11.7. The maximum absolute atomic E-state index is 11.7. The Morgan fingerprint density at radius 1 is 1.32 bits per heavy atom. The van der Waals surface area contributed by atoms with Gasteiger partial charge < -0.3 is 4.90 Å². The van der Waals surface area contributed by atoms with E-state index < -0.39 is 14.8 Å². The Hall–Kier alpha value is -1.56. The van der Waals surface area contributed by atoms with Crippen LogP contribution in [-0.2, 0) is 16.4 Å². The van der Waals surface area contributed by atoms with Crippen LogP contribution in [0.1, 0.15) is 10.7 Å². The molecule has 0 unspecified atom stereocenters. The van der Waals surface area contributed by atoms with Crippen molar-refractivity contribution in [1.29, 1.82) is 0 Å². The highest BCUT2D eigenvalue weighted by molar-refractivity contribution is 7.92. The molecule has 0 spiro atoms. The molecule has 3 heterocycles. The Labute approximate surface area is 153 Å². The normalized spacial score (nSPS) is 16.3. The molecule has 3 rings (SSSR count). The van der Waals surface area contributed by atoms with Crippen LogP contribution in [0.4, 0.5) is 10.7 Å². The van der Waals surface area contributed by atoms with E-state index in [0.29, 0.717) is 18.1 Å². The van der Waals surface area contributed by atoms with Crippen molar-refractivity contribution in [2.45, 2.75) is 17.7 Å². The molecule has 0 atom stereocenters. The summed E-state index contributed by atoms with van der Waals surface area (Å²) in [6.07, 6.45) is 1.07. The van der Waals surface area contributed by atoms with Gasteiger partial charge in [0.25, 0.3) is 0 Å². The van der Waals surface area contributed by atoms with Crippen LogP contribution in [0.2, 0.25) is 0 Å². The summed E-state index contributed by atoms with van der Waals surface area (Å²) in [4.78, 5) is 19.4. The molecule has 0 radical (unpaired) electrons. The highest BCUT2D eigenvalue weighted by Crippen LogP contribution is 2.40. The third-order valence-corrected chi connectivity index (χ3v) is 7.75. The second kappa shape index (κ2) is 6.98. The van der Waals surface area contributed by atoms with E-state index in [1.54, 1.807) is 11.3 Å². The smallest absolute Gasteiger partial charge is 0.305 e. The van der Waals surface area contributed by atoms with Gasteiger partial charge in [-0.25, -0.2) is 13.4 Å². The summed E-state index contributed by atoms with van der Waals surface area (Å²) in [7, 11) is -3.46. The molecule has 136 valence electrons. The van der Waals surface area contributed by atoms with Gasteiger partial charge in [0.2, 0.25) is 0 Å². The van der Waals surface area contributed by atoms with Crippen LogP contribution in [0.3, 0.4) is 0 Å². The molecule has 25 heavy (non-hydrogen) atoms. The molecule has 11 heteroatoms. The molecule has 1 aliphatic heterocycles. The Balaban J connectivity index is 1.72. The molecular weight excluding hydrogens is 384 g/mol. The predicted molar refractivity (Wildman–Crippen MR) is 98.4 cm³/mol. The van der Waals surface area contributed by atoms with Gasteiger partial charge in [0.05, 0.1) is 15.6 Å². The van der Waals surface area contributed by atoms with Gasteiger partial charge in [-0.1, -0.05) is 11.3 Å². The molecule has 2 aromatic rings. The molecule has 1 fully saturated rings. The van der Waals surface area contributed by atoms with Crippen molar-refractivity contribution in [3.63, 3.8) is 0 Å². The summed E-state index contributed by atoms with van der Waals surface area (Å²) in [5.74, 6) is 0. The summed E-state index contributed by atoms with van der Waals surface area (Å²) in [6, 6.07) is 1.17. The van der Waals surface area contributed by atoms with E-state index in [1.165, 1.54) is 6.07 Å². The Kier molecular flexibility index (Phi) is 5.09. The number of piperazine rings is 1. The average molecular weight is 403 g/mol. The quantitative estimate of drug-likeness (QED) is 0.558. The Bertz CT molecular complexity index is 882. The van der Waals surface area contributed by atoms with Crippen molar-refractivity contribution in [3.05, 3.63) is 32.3 Å². The zero-order chi connectivity index (χ0) is 18.2. The van der Waals surface area contributed by atoms with E-state index in [-0.39, 0.29) is 9.90 Å². The van der Waals surface area contributed by atoms with Crippen LogP contribution in [0.15, 0.2) is 15.7 Å². The van der Waals surface area contributed by atoms with Crippen LogP contribution >= 0.6 is 22.7 Å². The van der Waals surface area contributed by atoms with Crippen molar-refractivity contribution >= 4 is 43.2 Å². The first-order valence-electron chi connectivity index (χ1n) is 7.60. The lowest BCUT2D eigenvalue weighted by molar-refractivity contribution is -0.383. The van der Waals surface area contributed by atoms with Gasteiger partial charge in [0, 0.05) is 50.4 Å². The number of thiazole rings is 1. The number of rotatable bonds is 5. The number of nitrogens with zero attached hydrogens (tertiary/aromatic N) is 4. The molecule has 0 saturated carbocycles. The first-order valence-corrected chi connectivity index (χ1v) is 11.2. The predicted octanol–water partition coefficient (Wildman–Crippen LogP) is 2.15. The first-order chi connectivity index (χ1) is 11.7. The molecule has 1 aliphatic rings. The average Bonchev–Trinajstić information content (AvgIpc) is 3.14. The SMILES string of the molecule is Cc1nc(CN2CCN(c3sc(S(C)(=O)=O)cc3[N+](=O)[O-])CC2)cs1. The van der Waals surface area contributed by atoms with Crippen molar-refractivity contribution in [2.24, 2.45) is 0 Å². The molecular formula is C14H18N4O4S3. The molecule has 0 aromatic carbocycles. The van der Waals surface area contributed by atoms with Gasteiger partial charge in [0.1, 0.15) is 4.21 Å². The van der Waals surface area contributed by atoms with Crippen molar-refractivity contribution in [2.75, 3.05) is 37.3 Å². The van der Waals surface area contributed by atoms with Gasteiger partial charge in [-0.15, -0.1) is 11.3 Å². The highest BCUT2D eigenvalue weighted by Gasteiger charge is 2.29. The molecule has 0 N–H and O–H groups in total. The largest absolute Gasteiger partial charge is 0.355 e. The second-order valence-electron chi connectivity index (χ2n) is 5.91. The number of sulfone groups is 1. The zero-order valence-electron chi connectivity index (χ0n) is 13.8. The van der Waals surface area contributed by atoms with Gasteiger partial charge in [0.15, 0.2) is 14.8 Å². The van der Waals surface area contributed by atoms with Gasteiger partial charge in [-0.3, -0.25) is 15.0 Å². The lowest BCUT2D eigenvalue weighted by Crippen LogP contribution is -2.45. The molecule has 0 bridgehead atoms. The van der Waals surface area contributed by atoms with Crippen LogP contribution in [0.5, 0.6) is 0 Å². The lowest BCUT2D eigenvalue weighted by atomic mass is 10.3. The number of hydrogen-bond acceptors (Lipinski definition) is 9. The van der Waals surface area contributed by atoms with E-state index >= 15 is 0 Å². The summed E-state index contributed by atoms with van der Waals surface area (Å²) < 4.78 is 23.5. The fourth-order valence-corrected chi connectivity index (χ4v) is 5.39. The molecule has 0 amide bonds. The maximum Gasteiger partial charge on any atom is 0.305 e. The van der Waals surface area contributed by atoms with E-state index in [2.05, 4.69) is 9.88 Å². The van der Waals surface area contributed by atoms with Crippen molar-refractivity contribution in [3.8, 4) is 0 Å². The zero-order valence-corrected chi connectivity index (χ0v) is 16.3. The van der Waals surface area contributed by atoms with Crippen molar-refractivity contribution < 1.29 is 13.3 Å². The third-order valence-electron chi connectivity index (χ3n) is 3.94. The topological polar surface area (TPSA) is 96.7 Å². The van der Waals surface area contributed by atoms with E-state index in [0.717, 1.165) is 47.9 Å². The third kappa shape index (κ3) is 4.17. The minimum atomic E-state index is -3.46. The van der Waals surface area contributed by atoms with Crippen molar-refractivity contribution in [1.82, 2.24) is 9.88 Å². The van der Waals surface area contributed by atoms with Crippen LogP contribution in [0.25, 0.3) is 0 Å². The summed E-state index contributed by atoms with van der Waals surface area (Å²) in [5, 5.41) is 14.8. The van der Waals surface area contributed by atoms with Gasteiger partial charge in [-0.2, -0.15) is 0 Å². The minimum Gasteiger partial charge on any atom is -0.355 e. The number of nitro groups is 1. The van der Waals surface area contributed by atoms with Gasteiger partial charge >= 0.3 is 5.69 Å². The van der Waals surface area contributed by atoms with E-state index in [4.69, 9.17) is 0 Å². The van der Waals surface area contributed by atoms with Crippen LogP contribution in [-0.4, -0.2) is 55.7 Å². The number of thiophene rings is 1. The summed E-state index contributed by atoms with van der Waals surface area (Å²) >= 11 is 2.60. The molecule has 0 aliphatic carbocycles. The number of hydrogen-bond donors (Lipinski definition) is 0. The number of anilines is 1. The minimum absolute atomic E-state index is 0.0366. The second-order valence-corrected chi connectivity index (χ2v) is 10.2. The fraction of sp³-hybridized carbons (Fsp3) is 0.500. The highest BCUT2D eigenvalue weighted by atomic mass is 32.2.